The van der Waals surface area contributed by atoms with Crippen LogP contribution in [-0.4, -0.2) is 7.11 Å². The van der Waals surface area contributed by atoms with Crippen molar-refractivity contribution >= 4 is 43.2 Å². The summed E-state index contributed by atoms with van der Waals surface area (Å²) in [4.78, 5) is 1.34. The number of thiophene rings is 1. The Labute approximate surface area is 134 Å². The molecule has 0 aliphatic carbocycles. The van der Waals surface area contributed by atoms with Gasteiger partial charge in [-0.15, -0.1) is 11.3 Å². The van der Waals surface area contributed by atoms with Gasteiger partial charge in [-0.3, -0.25) is 0 Å². The minimum atomic E-state index is 0.336. The van der Waals surface area contributed by atoms with E-state index in [2.05, 4.69) is 67.7 Å². The van der Waals surface area contributed by atoms with Gasteiger partial charge < -0.3 is 10.1 Å². The highest BCUT2D eigenvalue weighted by Gasteiger charge is 2.11. The summed E-state index contributed by atoms with van der Waals surface area (Å²) in [7, 11) is 1.69. The largest absolute Gasteiger partial charge is 0.495 e. The maximum absolute atomic E-state index is 5.45. The van der Waals surface area contributed by atoms with Gasteiger partial charge in [0.05, 0.1) is 11.6 Å². The Balaban J connectivity index is 2.11. The van der Waals surface area contributed by atoms with Crippen molar-refractivity contribution < 1.29 is 4.74 Å². The van der Waals surface area contributed by atoms with E-state index in [1.54, 1.807) is 18.4 Å². The molecule has 0 unspecified atom stereocenters. The highest BCUT2D eigenvalue weighted by molar-refractivity contribution is 9.11. The summed E-state index contributed by atoms with van der Waals surface area (Å²) in [5.74, 6) is 0.883. The zero-order valence-corrected chi connectivity index (χ0v) is 14.7. The van der Waals surface area contributed by atoms with Crippen LogP contribution >= 0.6 is 43.2 Å². The van der Waals surface area contributed by atoms with E-state index in [0.29, 0.717) is 6.04 Å². The SMILES string of the molecule is COc1c(Br)cc(Br)cc1CN[C@@H](C)c1cccs1. The molecule has 1 atom stereocenters. The Morgan fingerprint density at radius 3 is 2.79 bits per heavy atom. The molecule has 0 amide bonds. The van der Waals surface area contributed by atoms with Crippen LogP contribution in [0.5, 0.6) is 5.75 Å². The normalized spacial score (nSPS) is 12.4. The van der Waals surface area contributed by atoms with Crippen molar-refractivity contribution in [3.05, 3.63) is 49.0 Å². The first-order valence-electron chi connectivity index (χ1n) is 5.90. The highest BCUT2D eigenvalue weighted by atomic mass is 79.9. The standard InChI is InChI=1S/C14H15Br2NOS/c1-9(13-4-3-5-19-13)17-8-10-6-11(15)7-12(16)14(10)18-2/h3-7,9,17H,8H2,1-2H3/t9-/m0/s1. The molecule has 1 heterocycles. The fraction of sp³-hybridized carbons (Fsp3) is 0.286. The summed E-state index contributed by atoms with van der Waals surface area (Å²) in [5, 5.41) is 5.62. The van der Waals surface area contributed by atoms with E-state index in [0.717, 1.165) is 26.8 Å². The van der Waals surface area contributed by atoms with Crippen molar-refractivity contribution in [1.82, 2.24) is 5.32 Å². The Bertz CT molecular complexity index is 543. The molecule has 102 valence electrons. The monoisotopic (exact) mass is 403 g/mol. The Morgan fingerprint density at radius 2 is 2.16 bits per heavy atom. The number of hydrogen-bond donors (Lipinski definition) is 1. The van der Waals surface area contributed by atoms with Crippen LogP contribution in [0.1, 0.15) is 23.4 Å². The van der Waals surface area contributed by atoms with Crippen LogP contribution in [0.3, 0.4) is 0 Å². The van der Waals surface area contributed by atoms with Gasteiger partial charge in [0.25, 0.3) is 0 Å². The van der Waals surface area contributed by atoms with Crippen LogP contribution in [0.4, 0.5) is 0 Å². The summed E-state index contributed by atoms with van der Waals surface area (Å²) in [6, 6.07) is 8.63. The van der Waals surface area contributed by atoms with Gasteiger partial charge in [0.1, 0.15) is 5.75 Å². The Morgan fingerprint density at radius 1 is 1.37 bits per heavy atom. The van der Waals surface area contributed by atoms with Crippen molar-refractivity contribution in [1.29, 1.82) is 0 Å². The molecule has 0 aliphatic heterocycles. The first-order chi connectivity index (χ1) is 9.11. The summed E-state index contributed by atoms with van der Waals surface area (Å²) in [6.45, 7) is 2.94. The van der Waals surface area contributed by atoms with Crippen LogP contribution in [0.25, 0.3) is 0 Å². The fourth-order valence-corrected chi connectivity index (χ4v) is 4.11. The molecule has 0 aliphatic rings. The lowest BCUT2D eigenvalue weighted by molar-refractivity contribution is 0.403. The van der Waals surface area contributed by atoms with E-state index in [9.17, 15) is 0 Å². The topological polar surface area (TPSA) is 21.3 Å². The summed E-state index contributed by atoms with van der Waals surface area (Å²) >= 11 is 8.80. The van der Waals surface area contributed by atoms with Crippen LogP contribution in [-0.2, 0) is 6.54 Å². The Hall–Kier alpha value is -0.360. The molecule has 0 fully saturated rings. The van der Waals surface area contributed by atoms with Crippen LogP contribution < -0.4 is 10.1 Å². The van der Waals surface area contributed by atoms with E-state index in [4.69, 9.17) is 4.74 Å². The first-order valence-corrected chi connectivity index (χ1v) is 8.37. The molecule has 5 heteroatoms. The molecule has 2 nitrogen and oxygen atoms in total. The molecule has 2 rings (SSSR count). The summed E-state index contributed by atoms with van der Waals surface area (Å²) in [6.07, 6.45) is 0. The molecule has 0 saturated carbocycles. The van der Waals surface area contributed by atoms with Crippen molar-refractivity contribution in [2.75, 3.05) is 7.11 Å². The average molecular weight is 405 g/mol. The predicted octanol–water partition coefficient (Wildman–Crippen LogP) is 5.13. The number of methoxy groups -OCH3 is 1. The van der Waals surface area contributed by atoms with Crippen LogP contribution in [0.15, 0.2) is 38.6 Å². The van der Waals surface area contributed by atoms with Crippen LogP contribution in [0, 0.1) is 0 Å². The smallest absolute Gasteiger partial charge is 0.137 e. The molecule has 1 aromatic carbocycles. The van der Waals surface area contributed by atoms with Gasteiger partial charge in [0, 0.05) is 27.5 Å². The van der Waals surface area contributed by atoms with Crippen molar-refractivity contribution in [3.63, 3.8) is 0 Å². The number of nitrogens with one attached hydrogen (secondary N) is 1. The van der Waals surface area contributed by atoms with Gasteiger partial charge in [-0.2, -0.15) is 0 Å². The zero-order chi connectivity index (χ0) is 13.8. The maximum atomic E-state index is 5.45. The lowest BCUT2D eigenvalue weighted by atomic mass is 10.2. The van der Waals surface area contributed by atoms with E-state index in [1.165, 1.54) is 4.88 Å². The number of rotatable bonds is 5. The van der Waals surface area contributed by atoms with Crippen molar-refractivity contribution in [2.24, 2.45) is 0 Å². The van der Waals surface area contributed by atoms with Gasteiger partial charge in [-0.05, 0) is 46.4 Å². The van der Waals surface area contributed by atoms with Gasteiger partial charge in [-0.25, -0.2) is 0 Å². The van der Waals surface area contributed by atoms with Gasteiger partial charge in [-0.1, -0.05) is 22.0 Å². The van der Waals surface area contributed by atoms with Gasteiger partial charge in [0.2, 0.25) is 0 Å². The quantitative estimate of drug-likeness (QED) is 0.745. The van der Waals surface area contributed by atoms with Gasteiger partial charge in [0.15, 0.2) is 0 Å². The van der Waals surface area contributed by atoms with E-state index in [1.807, 2.05) is 6.07 Å². The van der Waals surface area contributed by atoms with E-state index in [-0.39, 0.29) is 0 Å². The molecule has 1 aromatic heterocycles. The minimum absolute atomic E-state index is 0.336. The van der Waals surface area contributed by atoms with E-state index < -0.39 is 0 Å². The number of hydrogen-bond acceptors (Lipinski definition) is 3. The lowest BCUT2D eigenvalue weighted by Gasteiger charge is -2.15. The second-order valence-corrected chi connectivity index (χ2v) is 6.95. The molecular formula is C14H15Br2NOS. The first kappa shape index (κ1) is 15.0. The van der Waals surface area contributed by atoms with E-state index >= 15 is 0 Å². The molecule has 0 bridgehead atoms. The second kappa shape index (κ2) is 6.88. The molecular weight excluding hydrogens is 390 g/mol. The molecule has 19 heavy (non-hydrogen) atoms. The molecule has 0 spiro atoms. The minimum Gasteiger partial charge on any atom is -0.495 e. The lowest BCUT2D eigenvalue weighted by Crippen LogP contribution is -2.17. The third kappa shape index (κ3) is 3.81. The predicted molar refractivity (Wildman–Crippen MR) is 88.0 cm³/mol. The molecule has 2 aromatic rings. The zero-order valence-electron chi connectivity index (χ0n) is 10.7. The average Bonchev–Trinajstić information content (AvgIpc) is 2.89. The van der Waals surface area contributed by atoms with Crippen molar-refractivity contribution in [2.45, 2.75) is 19.5 Å². The molecule has 0 radical (unpaired) electrons. The Kier molecular flexibility index (Phi) is 5.45. The third-order valence-electron chi connectivity index (χ3n) is 2.86. The number of benzene rings is 1. The molecule has 0 saturated heterocycles. The maximum Gasteiger partial charge on any atom is 0.137 e. The second-order valence-electron chi connectivity index (χ2n) is 4.20. The van der Waals surface area contributed by atoms with Gasteiger partial charge >= 0.3 is 0 Å². The summed E-state index contributed by atoms with van der Waals surface area (Å²) < 4.78 is 7.45. The highest BCUT2D eigenvalue weighted by Crippen LogP contribution is 2.33. The number of halogens is 2. The number of ether oxygens (including phenoxy) is 1. The fourth-order valence-electron chi connectivity index (χ4n) is 1.87. The molecule has 1 N–H and O–H groups in total. The van der Waals surface area contributed by atoms with Crippen LogP contribution in [0.2, 0.25) is 0 Å². The van der Waals surface area contributed by atoms with Crippen molar-refractivity contribution in [3.8, 4) is 5.75 Å². The summed E-state index contributed by atoms with van der Waals surface area (Å²) in [5.41, 5.74) is 1.13. The third-order valence-corrected chi connectivity index (χ3v) is 4.96.